The Labute approximate surface area is 187 Å². The van der Waals surface area contributed by atoms with E-state index in [0.717, 1.165) is 5.75 Å². The Morgan fingerprint density at radius 1 is 1.10 bits per heavy atom. The van der Waals surface area contributed by atoms with Crippen molar-refractivity contribution < 1.29 is 19.1 Å². The summed E-state index contributed by atoms with van der Waals surface area (Å²) < 4.78 is 10.6. The van der Waals surface area contributed by atoms with Gasteiger partial charge in [-0.1, -0.05) is 0 Å². The fourth-order valence-corrected chi connectivity index (χ4v) is 4.07. The van der Waals surface area contributed by atoms with E-state index < -0.39 is 6.04 Å². The van der Waals surface area contributed by atoms with E-state index in [1.54, 1.807) is 55.6 Å². The van der Waals surface area contributed by atoms with E-state index >= 15 is 0 Å². The van der Waals surface area contributed by atoms with Crippen LogP contribution in [0.3, 0.4) is 0 Å². The number of thiocarbonyl (C=S) groups is 1. The first kappa shape index (κ1) is 22.6. The number of rotatable bonds is 8. The number of hydrogen-bond acceptors (Lipinski definition) is 5. The molecule has 1 fully saturated rings. The summed E-state index contributed by atoms with van der Waals surface area (Å²) in [6.45, 7) is 6.39. The molecule has 2 amide bonds. The van der Waals surface area contributed by atoms with Crippen molar-refractivity contribution in [1.82, 2.24) is 4.90 Å². The second-order valence-corrected chi connectivity index (χ2v) is 7.75. The van der Waals surface area contributed by atoms with Gasteiger partial charge in [-0.15, -0.1) is 0 Å². The number of carbonyl (C=O) groups is 2. The maximum atomic E-state index is 13.3. The van der Waals surface area contributed by atoms with E-state index in [2.05, 4.69) is 5.32 Å². The summed E-state index contributed by atoms with van der Waals surface area (Å²) in [6, 6.07) is 13.5. The number of anilines is 2. The summed E-state index contributed by atoms with van der Waals surface area (Å²) >= 11 is 5.61. The first-order chi connectivity index (χ1) is 14.8. The molecular weight excluding hydrogens is 414 g/mol. The third kappa shape index (κ3) is 4.96. The fraction of sp³-hybridized carbons (Fsp3) is 0.348. The van der Waals surface area contributed by atoms with Crippen molar-refractivity contribution in [3.05, 3.63) is 48.5 Å². The maximum absolute atomic E-state index is 13.3. The molecule has 1 aliphatic rings. The second kappa shape index (κ2) is 9.78. The quantitative estimate of drug-likeness (QED) is 0.628. The van der Waals surface area contributed by atoms with Gasteiger partial charge < -0.3 is 19.7 Å². The summed E-state index contributed by atoms with van der Waals surface area (Å²) in [4.78, 5) is 29.3. The van der Waals surface area contributed by atoms with Crippen LogP contribution >= 0.6 is 12.2 Å². The third-order valence-corrected chi connectivity index (χ3v) is 5.36. The van der Waals surface area contributed by atoms with Crippen molar-refractivity contribution in [3.63, 3.8) is 0 Å². The van der Waals surface area contributed by atoms with Gasteiger partial charge in [-0.25, -0.2) is 0 Å². The molecule has 0 radical (unpaired) electrons. The minimum absolute atomic E-state index is 0.00296. The highest BCUT2D eigenvalue weighted by Gasteiger charge is 2.45. The van der Waals surface area contributed by atoms with Gasteiger partial charge in [-0.3, -0.25) is 14.5 Å². The van der Waals surface area contributed by atoms with Crippen LogP contribution in [-0.4, -0.2) is 47.6 Å². The van der Waals surface area contributed by atoms with Crippen LogP contribution in [0.25, 0.3) is 0 Å². The number of amides is 2. The first-order valence-corrected chi connectivity index (χ1v) is 10.6. The Morgan fingerprint density at radius 3 is 2.26 bits per heavy atom. The van der Waals surface area contributed by atoms with Gasteiger partial charge in [0.15, 0.2) is 5.11 Å². The summed E-state index contributed by atoms with van der Waals surface area (Å²) in [5, 5.41) is 3.24. The largest absolute Gasteiger partial charge is 0.497 e. The van der Waals surface area contributed by atoms with Crippen molar-refractivity contribution >= 4 is 40.5 Å². The molecule has 164 valence electrons. The highest BCUT2D eigenvalue weighted by molar-refractivity contribution is 7.80. The summed E-state index contributed by atoms with van der Waals surface area (Å²) in [6.07, 6.45) is -0.00296. The number of benzene rings is 2. The predicted octanol–water partition coefficient (Wildman–Crippen LogP) is 3.83. The van der Waals surface area contributed by atoms with E-state index in [9.17, 15) is 9.59 Å². The van der Waals surface area contributed by atoms with Crippen LogP contribution in [0.5, 0.6) is 11.5 Å². The Kier molecular flexibility index (Phi) is 7.12. The standard InChI is InChI=1S/C23H27N3O4S/c1-5-30-19-10-6-16(7-11-19)24-21(27)14-20-22(28)26(23(31)25(20)15(2)3)17-8-12-18(29-4)13-9-17/h6-13,15,20H,5,14H2,1-4H3,(H,24,27)/t20-/m1/s1. The number of ether oxygens (including phenoxy) is 2. The number of methoxy groups -OCH3 is 1. The zero-order valence-corrected chi connectivity index (χ0v) is 18.9. The zero-order chi connectivity index (χ0) is 22.5. The van der Waals surface area contributed by atoms with Crippen molar-refractivity contribution in [2.45, 2.75) is 39.3 Å². The van der Waals surface area contributed by atoms with Crippen molar-refractivity contribution in [2.24, 2.45) is 0 Å². The summed E-state index contributed by atoms with van der Waals surface area (Å²) in [7, 11) is 1.58. The molecule has 0 bridgehead atoms. The molecule has 2 aromatic rings. The SMILES string of the molecule is CCOc1ccc(NC(=O)C[C@@H]2C(=O)N(c3ccc(OC)cc3)C(=S)N2C(C)C)cc1. The van der Waals surface area contributed by atoms with Crippen molar-refractivity contribution in [3.8, 4) is 11.5 Å². The first-order valence-electron chi connectivity index (χ1n) is 10.2. The number of hydrogen-bond donors (Lipinski definition) is 1. The molecule has 0 aliphatic carbocycles. The summed E-state index contributed by atoms with van der Waals surface area (Å²) in [5.74, 6) is 0.949. The molecule has 0 unspecified atom stereocenters. The van der Waals surface area contributed by atoms with Gasteiger partial charge in [0.05, 0.1) is 25.8 Å². The molecule has 1 saturated heterocycles. The zero-order valence-electron chi connectivity index (χ0n) is 18.1. The average molecular weight is 442 g/mol. The fourth-order valence-electron chi connectivity index (χ4n) is 3.54. The Balaban J connectivity index is 1.75. The Bertz CT molecular complexity index is 944. The van der Waals surface area contributed by atoms with Crippen LogP contribution < -0.4 is 19.7 Å². The molecular formula is C23H27N3O4S. The molecule has 1 aliphatic heterocycles. The highest BCUT2D eigenvalue weighted by Crippen LogP contribution is 2.30. The van der Waals surface area contributed by atoms with E-state index in [-0.39, 0.29) is 24.3 Å². The third-order valence-electron chi connectivity index (χ3n) is 4.97. The highest BCUT2D eigenvalue weighted by atomic mass is 32.1. The predicted molar refractivity (Wildman–Crippen MR) is 125 cm³/mol. The average Bonchev–Trinajstić information content (AvgIpc) is 2.99. The molecule has 8 heteroatoms. The minimum atomic E-state index is -0.669. The van der Waals surface area contributed by atoms with Crippen LogP contribution in [0.15, 0.2) is 48.5 Å². The molecule has 1 heterocycles. The van der Waals surface area contributed by atoms with Gasteiger partial charge >= 0.3 is 0 Å². The molecule has 3 rings (SSSR count). The van der Waals surface area contributed by atoms with Crippen LogP contribution in [0.4, 0.5) is 11.4 Å². The lowest BCUT2D eigenvalue weighted by Gasteiger charge is -2.27. The maximum Gasteiger partial charge on any atom is 0.256 e. The number of nitrogens with one attached hydrogen (secondary N) is 1. The molecule has 0 saturated carbocycles. The number of carbonyl (C=O) groups excluding carboxylic acids is 2. The van der Waals surface area contributed by atoms with Crippen molar-refractivity contribution in [2.75, 3.05) is 23.9 Å². The van der Waals surface area contributed by atoms with Gasteiger partial charge in [-0.2, -0.15) is 0 Å². The smallest absolute Gasteiger partial charge is 0.256 e. The van der Waals surface area contributed by atoms with E-state index in [1.807, 2.05) is 25.7 Å². The monoisotopic (exact) mass is 441 g/mol. The minimum Gasteiger partial charge on any atom is -0.497 e. The second-order valence-electron chi connectivity index (χ2n) is 7.38. The normalized spacial score (nSPS) is 16.1. The van der Waals surface area contributed by atoms with E-state index in [4.69, 9.17) is 21.7 Å². The van der Waals surface area contributed by atoms with Crippen LogP contribution in [-0.2, 0) is 9.59 Å². The van der Waals surface area contributed by atoms with Crippen LogP contribution in [0.1, 0.15) is 27.2 Å². The van der Waals surface area contributed by atoms with Gasteiger partial charge in [0.1, 0.15) is 17.5 Å². The molecule has 1 N–H and O–H groups in total. The van der Waals surface area contributed by atoms with Crippen LogP contribution in [0, 0.1) is 0 Å². The lowest BCUT2D eigenvalue weighted by molar-refractivity contribution is -0.124. The van der Waals surface area contributed by atoms with E-state index in [0.29, 0.717) is 28.8 Å². The Morgan fingerprint density at radius 2 is 1.71 bits per heavy atom. The van der Waals surface area contributed by atoms with Crippen LogP contribution in [0.2, 0.25) is 0 Å². The molecule has 0 aromatic heterocycles. The summed E-state index contributed by atoms with van der Waals surface area (Å²) in [5.41, 5.74) is 1.29. The van der Waals surface area contributed by atoms with Gasteiger partial charge in [0.25, 0.3) is 5.91 Å². The van der Waals surface area contributed by atoms with Crippen molar-refractivity contribution in [1.29, 1.82) is 0 Å². The molecule has 31 heavy (non-hydrogen) atoms. The van der Waals surface area contributed by atoms with Gasteiger partial charge in [0, 0.05) is 11.7 Å². The topological polar surface area (TPSA) is 71.1 Å². The Hall–Kier alpha value is -3.13. The van der Waals surface area contributed by atoms with Gasteiger partial charge in [0.2, 0.25) is 5.91 Å². The lowest BCUT2D eigenvalue weighted by atomic mass is 10.1. The lowest BCUT2D eigenvalue weighted by Crippen LogP contribution is -2.42. The van der Waals surface area contributed by atoms with E-state index in [1.165, 1.54) is 4.90 Å². The number of nitrogens with zero attached hydrogens (tertiary/aromatic N) is 2. The molecule has 0 spiro atoms. The van der Waals surface area contributed by atoms with Gasteiger partial charge in [-0.05, 0) is 81.5 Å². The molecule has 1 atom stereocenters. The molecule has 7 nitrogen and oxygen atoms in total. The molecule has 2 aromatic carbocycles.